The number of hydrogen-bond acceptors (Lipinski definition) is 3. The largest absolute Gasteiger partial charge is 0.384 e. The number of methoxy groups -OCH3 is 1. The summed E-state index contributed by atoms with van der Waals surface area (Å²) in [6.07, 6.45) is 5.50. The van der Waals surface area contributed by atoms with Gasteiger partial charge in [0.05, 0.1) is 6.61 Å². The molecular weight excluding hydrogens is 236 g/mol. The molecule has 3 heteroatoms. The first-order valence-electron chi connectivity index (χ1n) is 7.97. The Hall–Kier alpha value is -0.120. The van der Waals surface area contributed by atoms with Crippen LogP contribution in [0.3, 0.4) is 0 Å². The van der Waals surface area contributed by atoms with Crippen molar-refractivity contribution in [1.29, 1.82) is 0 Å². The quantitative estimate of drug-likeness (QED) is 0.829. The van der Waals surface area contributed by atoms with E-state index >= 15 is 0 Å². The van der Waals surface area contributed by atoms with Gasteiger partial charge in [0, 0.05) is 25.2 Å². The summed E-state index contributed by atoms with van der Waals surface area (Å²) in [4.78, 5) is 2.74. The van der Waals surface area contributed by atoms with Crippen molar-refractivity contribution in [1.82, 2.24) is 10.2 Å². The average molecular weight is 268 g/mol. The van der Waals surface area contributed by atoms with Gasteiger partial charge in [-0.2, -0.15) is 0 Å². The van der Waals surface area contributed by atoms with E-state index in [0.29, 0.717) is 0 Å². The fourth-order valence-corrected chi connectivity index (χ4v) is 3.48. The van der Waals surface area contributed by atoms with Crippen LogP contribution in [0.4, 0.5) is 0 Å². The van der Waals surface area contributed by atoms with Crippen molar-refractivity contribution >= 4 is 0 Å². The molecule has 0 spiro atoms. The summed E-state index contributed by atoms with van der Waals surface area (Å²) in [6.45, 7) is 11.5. The van der Waals surface area contributed by atoms with E-state index in [-0.39, 0.29) is 5.54 Å². The Morgan fingerprint density at radius 3 is 2.58 bits per heavy atom. The van der Waals surface area contributed by atoms with Crippen LogP contribution in [-0.2, 0) is 4.74 Å². The topological polar surface area (TPSA) is 24.5 Å². The van der Waals surface area contributed by atoms with E-state index in [4.69, 9.17) is 4.74 Å². The second-order valence-corrected chi connectivity index (χ2v) is 7.49. The molecule has 0 aromatic heterocycles. The first-order valence-corrected chi connectivity index (χ1v) is 7.97. The first kappa shape index (κ1) is 15.3. The molecule has 3 atom stereocenters. The smallest absolute Gasteiger partial charge is 0.0502 e. The maximum atomic E-state index is 5.34. The van der Waals surface area contributed by atoms with Crippen LogP contribution in [0.15, 0.2) is 0 Å². The van der Waals surface area contributed by atoms with Crippen LogP contribution in [0.25, 0.3) is 0 Å². The fourth-order valence-electron chi connectivity index (χ4n) is 3.48. The molecule has 0 amide bonds. The van der Waals surface area contributed by atoms with Crippen LogP contribution in [0.5, 0.6) is 0 Å². The van der Waals surface area contributed by atoms with Crippen LogP contribution in [0, 0.1) is 11.8 Å². The molecule has 2 rings (SSSR count). The second-order valence-electron chi connectivity index (χ2n) is 7.49. The van der Waals surface area contributed by atoms with Gasteiger partial charge in [0.1, 0.15) is 0 Å². The van der Waals surface area contributed by atoms with Gasteiger partial charge in [0.15, 0.2) is 0 Å². The summed E-state index contributed by atoms with van der Waals surface area (Å²) >= 11 is 0. The van der Waals surface area contributed by atoms with Crippen molar-refractivity contribution in [3.05, 3.63) is 0 Å². The Morgan fingerprint density at radius 1 is 1.21 bits per heavy atom. The van der Waals surface area contributed by atoms with E-state index in [1.807, 2.05) is 7.11 Å². The van der Waals surface area contributed by atoms with Gasteiger partial charge in [0.2, 0.25) is 0 Å². The monoisotopic (exact) mass is 268 g/mol. The number of piperidine rings is 1. The summed E-state index contributed by atoms with van der Waals surface area (Å²) in [5.74, 6) is 1.62. The summed E-state index contributed by atoms with van der Waals surface area (Å²) in [5, 5.41) is 3.68. The molecule has 1 heterocycles. The molecule has 19 heavy (non-hydrogen) atoms. The van der Waals surface area contributed by atoms with Crippen molar-refractivity contribution < 1.29 is 4.74 Å². The fraction of sp³-hybridized carbons (Fsp3) is 1.00. The van der Waals surface area contributed by atoms with Crippen molar-refractivity contribution in [3.8, 4) is 0 Å². The zero-order chi connectivity index (χ0) is 13.9. The highest BCUT2D eigenvalue weighted by atomic mass is 16.5. The molecule has 0 radical (unpaired) electrons. The number of rotatable bonds is 5. The number of nitrogens with zero attached hydrogens (tertiary/aromatic N) is 1. The molecule has 1 N–H and O–H groups in total. The number of nitrogens with one attached hydrogen (secondary N) is 1. The standard InChI is InChI=1S/C16H32N2O/c1-16(2,3)17-10-14-7-8-15(14)18-9-5-6-13(11-18)12-19-4/h13-15,17H,5-12H2,1-4H3. The minimum Gasteiger partial charge on any atom is -0.384 e. The molecular formula is C16H32N2O. The molecule has 3 nitrogen and oxygen atoms in total. The van der Waals surface area contributed by atoms with Crippen LogP contribution >= 0.6 is 0 Å². The number of hydrogen-bond donors (Lipinski definition) is 1. The first-order chi connectivity index (χ1) is 8.99. The zero-order valence-electron chi connectivity index (χ0n) is 13.2. The lowest BCUT2D eigenvalue weighted by atomic mass is 9.77. The molecule has 1 saturated carbocycles. The Balaban J connectivity index is 1.78. The van der Waals surface area contributed by atoms with Crippen LogP contribution in [0.2, 0.25) is 0 Å². The van der Waals surface area contributed by atoms with E-state index in [0.717, 1.165) is 24.5 Å². The van der Waals surface area contributed by atoms with Crippen molar-refractivity contribution in [2.45, 2.75) is 58.0 Å². The third-order valence-corrected chi connectivity index (χ3v) is 4.69. The molecule has 0 aromatic rings. The van der Waals surface area contributed by atoms with Gasteiger partial charge < -0.3 is 10.1 Å². The number of ether oxygens (including phenoxy) is 1. The second kappa shape index (κ2) is 6.55. The van der Waals surface area contributed by atoms with E-state index in [2.05, 4.69) is 31.0 Å². The van der Waals surface area contributed by atoms with Crippen LogP contribution < -0.4 is 5.32 Å². The predicted molar refractivity (Wildman–Crippen MR) is 80.4 cm³/mol. The highest BCUT2D eigenvalue weighted by molar-refractivity contribution is 4.93. The van der Waals surface area contributed by atoms with Crippen molar-refractivity contribution in [2.24, 2.45) is 11.8 Å². The van der Waals surface area contributed by atoms with Gasteiger partial charge in [-0.1, -0.05) is 0 Å². The lowest BCUT2D eigenvalue weighted by molar-refractivity contribution is 0.00890. The molecule has 1 saturated heterocycles. The predicted octanol–water partition coefficient (Wildman–Crippen LogP) is 2.51. The molecule has 2 aliphatic rings. The van der Waals surface area contributed by atoms with Gasteiger partial charge in [-0.15, -0.1) is 0 Å². The zero-order valence-corrected chi connectivity index (χ0v) is 13.2. The summed E-state index contributed by atoms with van der Waals surface area (Å²) < 4.78 is 5.34. The van der Waals surface area contributed by atoms with Gasteiger partial charge in [-0.25, -0.2) is 0 Å². The SMILES string of the molecule is COCC1CCCN(C2CCC2CNC(C)(C)C)C1. The van der Waals surface area contributed by atoms with Gasteiger partial charge >= 0.3 is 0 Å². The maximum Gasteiger partial charge on any atom is 0.0502 e. The lowest BCUT2D eigenvalue weighted by Crippen LogP contribution is -2.55. The van der Waals surface area contributed by atoms with E-state index in [9.17, 15) is 0 Å². The highest BCUT2D eigenvalue weighted by Gasteiger charge is 2.37. The van der Waals surface area contributed by atoms with Gasteiger partial charge in [-0.05, 0) is 71.4 Å². The molecule has 1 aliphatic carbocycles. The third kappa shape index (κ3) is 4.44. The molecule has 0 aromatic carbocycles. The van der Waals surface area contributed by atoms with Gasteiger partial charge in [0.25, 0.3) is 0 Å². The van der Waals surface area contributed by atoms with E-state index in [1.165, 1.54) is 45.3 Å². The van der Waals surface area contributed by atoms with Crippen molar-refractivity contribution in [3.63, 3.8) is 0 Å². The minimum atomic E-state index is 0.251. The normalized spacial score (nSPS) is 33.2. The Kier molecular flexibility index (Phi) is 5.27. The summed E-state index contributed by atoms with van der Waals surface area (Å²) in [6, 6.07) is 0.828. The Bertz CT molecular complexity index is 272. The van der Waals surface area contributed by atoms with E-state index in [1.54, 1.807) is 0 Å². The Labute approximate surface area is 119 Å². The molecule has 1 aliphatic heterocycles. The van der Waals surface area contributed by atoms with E-state index < -0.39 is 0 Å². The maximum absolute atomic E-state index is 5.34. The molecule has 112 valence electrons. The van der Waals surface area contributed by atoms with Crippen LogP contribution in [-0.4, -0.2) is 49.8 Å². The highest BCUT2D eigenvalue weighted by Crippen LogP contribution is 2.34. The molecule has 2 fully saturated rings. The third-order valence-electron chi connectivity index (χ3n) is 4.69. The van der Waals surface area contributed by atoms with Crippen LogP contribution in [0.1, 0.15) is 46.5 Å². The molecule has 0 bridgehead atoms. The molecule has 3 unspecified atom stereocenters. The lowest BCUT2D eigenvalue weighted by Gasteiger charge is -2.48. The van der Waals surface area contributed by atoms with Gasteiger partial charge in [-0.3, -0.25) is 4.90 Å². The Morgan fingerprint density at radius 2 is 2.00 bits per heavy atom. The summed E-state index contributed by atoms with van der Waals surface area (Å²) in [7, 11) is 1.83. The summed E-state index contributed by atoms with van der Waals surface area (Å²) in [5.41, 5.74) is 0.251. The van der Waals surface area contributed by atoms with Crippen molar-refractivity contribution in [2.75, 3.05) is 33.4 Å². The number of likely N-dealkylation sites (tertiary alicyclic amines) is 1. The average Bonchev–Trinajstić information content (AvgIpc) is 2.27. The minimum absolute atomic E-state index is 0.251.